The van der Waals surface area contributed by atoms with Gasteiger partial charge in [0, 0.05) is 18.0 Å². The van der Waals surface area contributed by atoms with Crippen LogP contribution in [0.25, 0.3) is 0 Å². The molecule has 5 heteroatoms. The number of carboxylic acid groups (broad SMARTS) is 1. The van der Waals surface area contributed by atoms with Gasteiger partial charge in [-0.25, -0.2) is 9.78 Å². The second-order valence-electron chi connectivity index (χ2n) is 3.70. The highest BCUT2D eigenvalue weighted by atomic mass is 16.5. The molecule has 0 aromatic carbocycles. The third-order valence-electron chi connectivity index (χ3n) is 2.54. The molecule has 0 spiro atoms. The monoisotopic (exact) mass is 224 g/mol. The van der Waals surface area contributed by atoms with Gasteiger partial charge in [0.05, 0.1) is 7.11 Å². The van der Waals surface area contributed by atoms with Gasteiger partial charge >= 0.3 is 5.97 Å². The van der Waals surface area contributed by atoms with Gasteiger partial charge in [-0.2, -0.15) is 0 Å². The average Bonchev–Trinajstić information content (AvgIpc) is 2.29. The third kappa shape index (κ3) is 2.62. The van der Waals surface area contributed by atoms with Crippen LogP contribution >= 0.6 is 0 Å². The topological polar surface area (TPSA) is 71.5 Å². The maximum Gasteiger partial charge on any atom is 0.329 e. The van der Waals surface area contributed by atoms with Crippen LogP contribution in [0, 0.1) is 0 Å². The maximum absolute atomic E-state index is 11.1. The van der Waals surface area contributed by atoms with Gasteiger partial charge in [-0.1, -0.05) is 6.92 Å². The minimum absolute atomic E-state index is 0.453. The van der Waals surface area contributed by atoms with Crippen molar-refractivity contribution < 1.29 is 14.6 Å². The van der Waals surface area contributed by atoms with Crippen molar-refractivity contribution >= 4 is 11.7 Å². The van der Waals surface area contributed by atoms with Crippen LogP contribution in [0.5, 0.6) is 5.88 Å². The van der Waals surface area contributed by atoms with Crippen molar-refractivity contribution in [2.75, 3.05) is 12.4 Å². The Balaban J connectivity index is 2.90. The molecule has 1 rings (SSSR count). The molecule has 1 aromatic heterocycles. The number of nitrogens with zero attached hydrogens (tertiary/aromatic N) is 1. The SMILES string of the molecule is CCC(C)(Nc1ccnc(OC)c1)C(=O)O. The zero-order chi connectivity index (χ0) is 12.2. The van der Waals surface area contributed by atoms with Crippen LogP contribution in [0.15, 0.2) is 18.3 Å². The summed E-state index contributed by atoms with van der Waals surface area (Å²) in [5, 5.41) is 12.1. The first-order valence-electron chi connectivity index (χ1n) is 5.03. The van der Waals surface area contributed by atoms with E-state index in [-0.39, 0.29) is 0 Å². The summed E-state index contributed by atoms with van der Waals surface area (Å²) in [4.78, 5) is 15.1. The van der Waals surface area contributed by atoms with Gasteiger partial charge in [0.25, 0.3) is 0 Å². The highest BCUT2D eigenvalue weighted by Crippen LogP contribution is 2.21. The second-order valence-corrected chi connectivity index (χ2v) is 3.70. The normalized spacial score (nSPS) is 13.9. The van der Waals surface area contributed by atoms with Gasteiger partial charge in [0.15, 0.2) is 0 Å². The summed E-state index contributed by atoms with van der Waals surface area (Å²) in [5.74, 6) is -0.431. The van der Waals surface area contributed by atoms with Crippen molar-refractivity contribution in [3.8, 4) is 5.88 Å². The van der Waals surface area contributed by atoms with E-state index in [4.69, 9.17) is 9.84 Å². The number of rotatable bonds is 5. The van der Waals surface area contributed by atoms with Crippen molar-refractivity contribution in [3.63, 3.8) is 0 Å². The number of anilines is 1. The first-order chi connectivity index (χ1) is 7.51. The van der Waals surface area contributed by atoms with Crippen LogP contribution in [0.1, 0.15) is 20.3 Å². The molecule has 2 N–H and O–H groups in total. The lowest BCUT2D eigenvalue weighted by Crippen LogP contribution is -2.42. The van der Waals surface area contributed by atoms with Crippen molar-refractivity contribution in [1.29, 1.82) is 0 Å². The second kappa shape index (κ2) is 4.83. The molecule has 1 heterocycles. The molecule has 0 aliphatic rings. The summed E-state index contributed by atoms with van der Waals surface area (Å²) in [6, 6.07) is 3.37. The smallest absolute Gasteiger partial charge is 0.329 e. The lowest BCUT2D eigenvalue weighted by atomic mass is 9.99. The molecule has 1 aromatic rings. The summed E-state index contributed by atoms with van der Waals surface area (Å²) in [5.41, 5.74) is -0.301. The summed E-state index contributed by atoms with van der Waals surface area (Å²) >= 11 is 0. The number of ether oxygens (including phenoxy) is 1. The molecule has 0 saturated heterocycles. The number of aliphatic carboxylic acids is 1. The van der Waals surface area contributed by atoms with Crippen LogP contribution in [0.3, 0.4) is 0 Å². The fraction of sp³-hybridized carbons (Fsp3) is 0.455. The van der Waals surface area contributed by atoms with Crippen LogP contribution in [0.4, 0.5) is 5.69 Å². The minimum atomic E-state index is -0.980. The zero-order valence-corrected chi connectivity index (χ0v) is 9.65. The van der Waals surface area contributed by atoms with Crippen LogP contribution in [0.2, 0.25) is 0 Å². The molecule has 0 amide bonds. The lowest BCUT2D eigenvalue weighted by Gasteiger charge is -2.25. The molecular formula is C11H16N2O3. The van der Waals surface area contributed by atoms with Gasteiger partial charge in [-0.3, -0.25) is 0 Å². The van der Waals surface area contributed by atoms with E-state index in [2.05, 4.69) is 10.3 Å². The molecule has 16 heavy (non-hydrogen) atoms. The number of pyridine rings is 1. The van der Waals surface area contributed by atoms with Gasteiger partial charge in [-0.15, -0.1) is 0 Å². The standard InChI is InChI=1S/C11H16N2O3/c1-4-11(2,10(14)15)13-8-5-6-12-9(7-8)16-3/h5-7H,4H2,1-3H3,(H,12,13)(H,14,15). The molecule has 5 nitrogen and oxygen atoms in total. The predicted molar refractivity (Wildman–Crippen MR) is 60.7 cm³/mol. The highest BCUT2D eigenvalue weighted by molar-refractivity contribution is 5.82. The summed E-state index contributed by atoms with van der Waals surface area (Å²) < 4.78 is 4.96. The predicted octanol–water partition coefficient (Wildman–Crippen LogP) is 1.76. The molecule has 1 unspecified atom stereocenters. The van der Waals surface area contributed by atoms with E-state index in [9.17, 15) is 4.79 Å². The van der Waals surface area contributed by atoms with E-state index in [1.165, 1.54) is 7.11 Å². The number of hydrogen-bond acceptors (Lipinski definition) is 4. The first-order valence-corrected chi connectivity index (χ1v) is 5.03. The Morgan fingerprint density at radius 2 is 2.38 bits per heavy atom. The minimum Gasteiger partial charge on any atom is -0.481 e. The van der Waals surface area contributed by atoms with E-state index in [1.807, 2.05) is 6.92 Å². The molecule has 88 valence electrons. The summed E-state index contributed by atoms with van der Waals surface area (Å²) in [6.07, 6.45) is 2.05. The average molecular weight is 224 g/mol. The lowest BCUT2D eigenvalue weighted by molar-refractivity contribution is -0.141. The third-order valence-corrected chi connectivity index (χ3v) is 2.54. The van der Waals surface area contributed by atoms with Crippen molar-refractivity contribution in [2.24, 2.45) is 0 Å². The van der Waals surface area contributed by atoms with Crippen LogP contribution in [-0.4, -0.2) is 28.7 Å². The maximum atomic E-state index is 11.1. The molecular weight excluding hydrogens is 208 g/mol. The Labute approximate surface area is 94.5 Å². The van der Waals surface area contributed by atoms with Crippen molar-refractivity contribution in [3.05, 3.63) is 18.3 Å². The number of aromatic nitrogens is 1. The Bertz CT molecular complexity index is 381. The Morgan fingerprint density at radius 1 is 1.69 bits per heavy atom. The summed E-state index contributed by atoms with van der Waals surface area (Å²) in [7, 11) is 1.52. The summed E-state index contributed by atoms with van der Waals surface area (Å²) in [6.45, 7) is 3.46. The van der Waals surface area contributed by atoms with Crippen LogP contribution < -0.4 is 10.1 Å². The molecule has 0 fully saturated rings. The van der Waals surface area contributed by atoms with Crippen molar-refractivity contribution in [2.45, 2.75) is 25.8 Å². The largest absolute Gasteiger partial charge is 0.481 e. The number of methoxy groups -OCH3 is 1. The van der Waals surface area contributed by atoms with E-state index < -0.39 is 11.5 Å². The quantitative estimate of drug-likeness (QED) is 0.797. The van der Waals surface area contributed by atoms with Gasteiger partial charge in [0.1, 0.15) is 5.54 Å². The Morgan fingerprint density at radius 3 is 2.88 bits per heavy atom. The molecule has 0 bridgehead atoms. The van der Waals surface area contributed by atoms with Crippen LogP contribution in [-0.2, 0) is 4.79 Å². The highest BCUT2D eigenvalue weighted by Gasteiger charge is 2.30. The van der Waals surface area contributed by atoms with E-state index >= 15 is 0 Å². The Kier molecular flexibility index (Phi) is 3.71. The molecule has 0 radical (unpaired) electrons. The van der Waals surface area contributed by atoms with E-state index in [0.29, 0.717) is 18.0 Å². The van der Waals surface area contributed by atoms with Crippen molar-refractivity contribution in [1.82, 2.24) is 4.98 Å². The van der Waals surface area contributed by atoms with E-state index in [1.54, 1.807) is 25.3 Å². The molecule has 0 aliphatic heterocycles. The Hall–Kier alpha value is -1.78. The first kappa shape index (κ1) is 12.3. The fourth-order valence-corrected chi connectivity index (χ4v) is 1.21. The number of carboxylic acids is 1. The van der Waals surface area contributed by atoms with Gasteiger partial charge in [-0.05, 0) is 19.4 Å². The molecule has 1 atom stereocenters. The fourth-order valence-electron chi connectivity index (χ4n) is 1.21. The molecule has 0 saturated carbocycles. The number of carbonyl (C=O) groups is 1. The van der Waals surface area contributed by atoms with Gasteiger partial charge in [0.2, 0.25) is 5.88 Å². The number of hydrogen-bond donors (Lipinski definition) is 2. The molecule has 0 aliphatic carbocycles. The number of nitrogens with one attached hydrogen (secondary N) is 1. The van der Waals surface area contributed by atoms with Gasteiger partial charge < -0.3 is 15.2 Å². The zero-order valence-electron chi connectivity index (χ0n) is 9.65. The van der Waals surface area contributed by atoms with E-state index in [0.717, 1.165) is 0 Å².